The van der Waals surface area contributed by atoms with Crippen LogP contribution in [0.2, 0.25) is 13.1 Å². The van der Waals surface area contributed by atoms with Gasteiger partial charge < -0.3 is 4.74 Å². The van der Waals surface area contributed by atoms with Gasteiger partial charge in [0, 0.05) is 11.1 Å². The third kappa shape index (κ3) is 3.31. The Morgan fingerprint density at radius 3 is 1.90 bits per heavy atom. The molecule has 0 radical (unpaired) electrons. The zero-order valence-electron chi connectivity index (χ0n) is 12.7. The average Bonchev–Trinajstić information content (AvgIpc) is 2.54. The van der Waals surface area contributed by atoms with Gasteiger partial charge in [0.05, 0.1) is 7.11 Å². The molecule has 0 amide bonds. The van der Waals surface area contributed by atoms with E-state index in [2.05, 4.69) is 19.7 Å². The van der Waals surface area contributed by atoms with Gasteiger partial charge in [0.2, 0.25) is 0 Å². The molecule has 0 atom stereocenters. The van der Waals surface area contributed by atoms with Gasteiger partial charge in [-0.1, -0.05) is 48.2 Å². The fourth-order valence-electron chi connectivity index (χ4n) is 2.08. The van der Waals surface area contributed by atoms with E-state index in [0.29, 0.717) is 11.1 Å². The molecule has 0 saturated carbocycles. The first-order valence-electron chi connectivity index (χ1n) is 6.91. The molecule has 0 saturated heterocycles. The number of hydrogen-bond acceptors (Lipinski definition) is 2. The van der Waals surface area contributed by atoms with E-state index in [1.807, 2.05) is 30.0 Å². The van der Waals surface area contributed by atoms with Gasteiger partial charge in [-0.3, -0.25) is 4.79 Å². The first kappa shape index (κ1) is 15.3. The molecule has 2 aromatic rings. The van der Waals surface area contributed by atoms with Crippen LogP contribution >= 0.6 is 0 Å². The van der Waals surface area contributed by atoms with Crippen LogP contribution in [0.4, 0.5) is 0 Å². The molecule has 0 aliphatic carbocycles. The van der Waals surface area contributed by atoms with Gasteiger partial charge in [0.25, 0.3) is 0 Å². The molecule has 0 aliphatic heterocycles. The van der Waals surface area contributed by atoms with Crippen molar-refractivity contribution in [2.45, 2.75) is 13.1 Å². The number of carbonyl (C=O) groups is 1. The third-order valence-corrected chi connectivity index (χ3v) is 6.60. The number of hydrogen-bond donors (Lipinski definition) is 0. The highest BCUT2D eigenvalue weighted by atomic mass is 28.3. The molecule has 0 fully saturated rings. The maximum atomic E-state index is 12.4. The van der Waals surface area contributed by atoms with Crippen molar-refractivity contribution in [1.82, 2.24) is 0 Å². The van der Waals surface area contributed by atoms with Crippen molar-refractivity contribution in [2.75, 3.05) is 7.11 Å². The summed E-state index contributed by atoms with van der Waals surface area (Å²) in [5.41, 5.74) is 3.43. The van der Waals surface area contributed by atoms with E-state index in [4.69, 9.17) is 4.74 Å². The minimum absolute atomic E-state index is 0.0299. The number of benzene rings is 2. The van der Waals surface area contributed by atoms with Crippen molar-refractivity contribution in [3.63, 3.8) is 0 Å². The van der Waals surface area contributed by atoms with E-state index >= 15 is 0 Å². The van der Waals surface area contributed by atoms with Crippen molar-refractivity contribution in [3.05, 3.63) is 71.9 Å². The highest BCUT2D eigenvalue weighted by Crippen LogP contribution is 2.15. The number of rotatable bonds is 5. The molecule has 0 unspecified atom stereocenters. The second-order valence-corrected chi connectivity index (χ2v) is 9.99. The lowest BCUT2D eigenvalue weighted by molar-refractivity contribution is 0.103. The van der Waals surface area contributed by atoms with Crippen LogP contribution in [-0.2, 0) is 0 Å². The smallest absolute Gasteiger partial charge is 0.193 e. The molecule has 0 spiro atoms. The summed E-state index contributed by atoms with van der Waals surface area (Å²) in [4.78, 5) is 12.4. The number of ketones is 1. The summed E-state index contributed by atoms with van der Waals surface area (Å²) in [5.74, 6) is 0.780. The van der Waals surface area contributed by atoms with E-state index in [-0.39, 0.29) is 5.78 Å². The Morgan fingerprint density at radius 2 is 1.48 bits per heavy atom. The molecule has 108 valence electrons. The van der Waals surface area contributed by atoms with Crippen molar-refractivity contribution in [1.29, 1.82) is 0 Å². The first-order chi connectivity index (χ1) is 9.97. The van der Waals surface area contributed by atoms with Gasteiger partial charge in [0.15, 0.2) is 5.78 Å². The number of methoxy groups -OCH3 is 1. The average molecular weight is 296 g/mol. The summed E-state index contributed by atoms with van der Waals surface area (Å²) in [6.07, 6.45) is 0. The Hall–Kier alpha value is -2.13. The van der Waals surface area contributed by atoms with Crippen molar-refractivity contribution < 1.29 is 9.53 Å². The van der Waals surface area contributed by atoms with Crippen LogP contribution < -0.4 is 9.92 Å². The molecule has 0 heterocycles. The number of carbonyl (C=O) groups excluding carboxylic acids is 1. The number of ether oxygens (including phenoxy) is 1. The maximum absolute atomic E-state index is 12.4. The second-order valence-electron chi connectivity index (χ2n) is 5.56. The summed E-state index contributed by atoms with van der Waals surface area (Å²) < 4.78 is 5.10. The van der Waals surface area contributed by atoms with Crippen molar-refractivity contribution in [2.24, 2.45) is 0 Å². The zero-order valence-corrected chi connectivity index (χ0v) is 13.7. The summed E-state index contributed by atoms with van der Waals surface area (Å²) in [6.45, 7) is 8.39. The molecule has 0 aromatic heterocycles. The largest absolute Gasteiger partial charge is 0.497 e. The quantitative estimate of drug-likeness (QED) is 0.623. The van der Waals surface area contributed by atoms with Crippen LogP contribution in [-0.4, -0.2) is 21.0 Å². The van der Waals surface area contributed by atoms with E-state index in [1.165, 1.54) is 5.19 Å². The van der Waals surface area contributed by atoms with Crippen molar-refractivity contribution in [3.8, 4) is 5.75 Å². The lowest BCUT2D eigenvalue weighted by Gasteiger charge is -2.17. The van der Waals surface area contributed by atoms with Gasteiger partial charge in [-0.25, -0.2) is 0 Å². The molecular formula is C18H20O2Si. The first-order valence-corrected chi connectivity index (χ1v) is 9.98. The van der Waals surface area contributed by atoms with Gasteiger partial charge in [-0.05, 0) is 24.3 Å². The van der Waals surface area contributed by atoms with Crippen LogP contribution in [0.5, 0.6) is 5.75 Å². The fraction of sp³-hybridized carbons (Fsp3) is 0.167. The van der Waals surface area contributed by atoms with E-state index < -0.39 is 8.07 Å². The van der Waals surface area contributed by atoms with Crippen molar-refractivity contribution >= 4 is 19.0 Å². The highest BCUT2D eigenvalue weighted by Gasteiger charge is 2.19. The summed E-state index contributed by atoms with van der Waals surface area (Å²) in [6, 6.07) is 15.1. The minimum atomic E-state index is -1.57. The molecule has 21 heavy (non-hydrogen) atoms. The molecule has 0 bridgehead atoms. The standard InChI is InChI=1S/C18H20O2Si/c1-5-21(3,4)17-12-8-15(9-13-17)18(19)14-6-10-16(20-2)11-7-14/h5-13H,1H2,2-4H3. The fourth-order valence-corrected chi connectivity index (χ4v) is 3.34. The third-order valence-electron chi connectivity index (χ3n) is 3.75. The van der Waals surface area contributed by atoms with Gasteiger partial charge in [0.1, 0.15) is 13.8 Å². The van der Waals surface area contributed by atoms with Crippen LogP contribution in [0.15, 0.2) is 60.8 Å². The predicted octanol–water partition coefficient (Wildman–Crippen LogP) is 3.57. The summed E-state index contributed by atoms with van der Waals surface area (Å²) in [5, 5.41) is 1.28. The molecule has 2 nitrogen and oxygen atoms in total. The lowest BCUT2D eigenvalue weighted by Crippen LogP contribution is -2.39. The second kappa shape index (κ2) is 6.10. The Bertz CT molecular complexity index is 640. The van der Waals surface area contributed by atoms with Crippen LogP contribution in [0.1, 0.15) is 15.9 Å². The van der Waals surface area contributed by atoms with E-state index in [0.717, 1.165) is 5.75 Å². The van der Waals surface area contributed by atoms with Gasteiger partial charge >= 0.3 is 0 Å². The molecule has 0 N–H and O–H groups in total. The Kier molecular flexibility index (Phi) is 4.43. The molecular weight excluding hydrogens is 276 g/mol. The summed E-state index contributed by atoms with van der Waals surface area (Å²) >= 11 is 0. The molecule has 3 heteroatoms. The van der Waals surface area contributed by atoms with Gasteiger partial charge in [-0.2, -0.15) is 0 Å². The normalized spacial score (nSPS) is 11.0. The SMILES string of the molecule is C=C[Si](C)(C)c1ccc(C(=O)c2ccc(OC)cc2)cc1. The van der Waals surface area contributed by atoms with Crippen LogP contribution in [0.25, 0.3) is 0 Å². The molecule has 2 aromatic carbocycles. The zero-order chi connectivity index (χ0) is 15.5. The lowest BCUT2D eigenvalue weighted by atomic mass is 10.0. The topological polar surface area (TPSA) is 26.3 Å². The Labute approximate surface area is 127 Å². The molecule has 2 rings (SSSR count). The van der Waals surface area contributed by atoms with E-state index in [9.17, 15) is 4.79 Å². The predicted molar refractivity (Wildman–Crippen MR) is 90.2 cm³/mol. The molecule has 0 aliphatic rings. The van der Waals surface area contributed by atoms with E-state index in [1.54, 1.807) is 31.4 Å². The van der Waals surface area contributed by atoms with Gasteiger partial charge in [-0.15, -0.1) is 6.58 Å². The summed E-state index contributed by atoms with van der Waals surface area (Å²) in [7, 11) is 0.0452. The van der Waals surface area contributed by atoms with Crippen LogP contribution in [0.3, 0.4) is 0 Å². The van der Waals surface area contributed by atoms with Crippen LogP contribution in [0, 0.1) is 0 Å². The maximum Gasteiger partial charge on any atom is 0.193 e. The minimum Gasteiger partial charge on any atom is -0.497 e. The Morgan fingerprint density at radius 1 is 1.00 bits per heavy atom. The Balaban J connectivity index is 2.25. The monoisotopic (exact) mass is 296 g/mol. The highest BCUT2D eigenvalue weighted by molar-refractivity contribution is 6.93.